The Morgan fingerprint density at radius 2 is 1.49 bits per heavy atom. The lowest BCUT2D eigenvalue weighted by atomic mass is 10.0. The number of aliphatic imine (C=N–C) groups is 1. The molecule has 6 nitrogen and oxygen atoms in total. The van der Waals surface area contributed by atoms with Crippen molar-refractivity contribution in [3.63, 3.8) is 0 Å². The second kappa shape index (κ2) is 11.2. The molecule has 0 saturated carbocycles. The lowest BCUT2D eigenvalue weighted by molar-refractivity contribution is 0.287. The summed E-state index contributed by atoms with van der Waals surface area (Å²) in [5.41, 5.74) is 4.46. The maximum Gasteiger partial charge on any atom is 0.360 e. The summed E-state index contributed by atoms with van der Waals surface area (Å²) >= 11 is 0. The molecule has 0 amide bonds. The third kappa shape index (κ3) is 6.06. The monoisotopic (exact) mass is 487 g/mol. The molecule has 7 heteroatoms. The van der Waals surface area contributed by atoms with E-state index in [4.69, 9.17) is 13.8 Å². The summed E-state index contributed by atoms with van der Waals surface area (Å²) in [6, 6.07) is 29.7. The molecule has 0 aliphatic heterocycles. The highest BCUT2D eigenvalue weighted by molar-refractivity contribution is 7.62. The predicted molar refractivity (Wildman–Crippen MR) is 139 cm³/mol. The Labute approximate surface area is 205 Å². The van der Waals surface area contributed by atoms with E-state index in [1.54, 1.807) is 42.6 Å². The molecule has 0 radical (unpaired) electrons. The van der Waals surface area contributed by atoms with Crippen molar-refractivity contribution in [1.82, 2.24) is 0 Å². The van der Waals surface area contributed by atoms with Crippen molar-refractivity contribution < 1.29 is 23.5 Å². The highest BCUT2D eigenvalue weighted by atomic mass is 31.2. The number of benzene rings is 4. The third-order valence-electron chi connectivity index (χ3n) is 5.45. The average molecular weight is 487 g/mol. The molecule has 0 saturated heterocycles. The summed E-state index contributed by atoms with van der Waals surface area (Å²) < 4.78 is 29.0. The van der Waals surface area contributed by atoms with Crippen LogP contribution in [0.15, 0.2) is 102 Å². The lowest BCUT2D eigenvalue weighted by Gasteiger charge is -2.15. The van der Waals surface area contributed by atoms with E-state index in [2.05, 4.69) is 4.99 Å². The summed E-state index contributed by atoms with van der Waals surface area (Å²) in [5, 5.41) is 9.98. The van der Waals surface area contributed by atoms with Gasteiger partial charge in [0, 0.05) is 26.0 Å². The SMILES string of the molecule is COP(=O)(OC)c1ccc(-c2ccc(C=Nc3ccc(O)cc3)c(OCc3ccccc3)c2)cc1. The standard InChI is InChI=1S/C28H26NO5P/c1-32-35(31,33-2)27-16-10-22(11-17-27)23-8-9-24(19-29-25-12-14-26(30)15-13-25)28(18-23)34-20-21-6-4-3-5-7-21/h3-19,30H,20H2,1-2H3. The van der Waals surface area contributed by atoms with Crippen molar-refractivity contribution in [3.05, 3.63) is 108 Å². The smallest absolute Gasteiger partial charge is 0.360 e. The first-order valence-electron chi connectivity index (χ1n) is 11.0. The van der Waals surface area contributed by atoms with Gasteiger partial charge < -0.3 is 18.9 Å². The van der Waals surface area contributed by atoms with Gasteiger partial charge in [-0.15, -0.1) is 0 Å². The van der Waals surface area contributed by atoms with Gasteiger partial charge in [-0.05, 0) is 65.2 Å². The summed E-state index contributed by atoms with van der Waals surface area (Å²) in [4.78, 5) is 4.52. The topological polar surface area (TPSA) is 77.4 Å². The van der Waals surface area contributed by atoms with Gasteiger partial charge in [-0.25, -0.2) is 0 Å². The average Bonchev–Trinajstić information content (AvgIpc) is 2.92. The number of phenolic OH excluding ortho intramolecular Hbond substituents is 1. The number of ether oxygens (including phenoxy) is 1. The van der Waals surface area contributed by atoms with Crippen molar-refractivity contribution in [1.29, 1.82) is 0 Å². The van der Waals surface area contributed by atoms with Crippen LogP contribution in [-0.4, -0.2) is 25.5 Å². The Morgan fingerprint density at radius 3 is 2.14 bits per heavy atom. The molecule has 0 bridgehead atoms. The van der Waals surface area contributed by atoms with Crippen LogP contribution in [0.3, 0.4) is 0 Å². The molecule has 1 N–H and O–H groups in total. The zero-order valence-electron chi connectivity index (χ0n) is 19.5. The fraction of sp³-hybridized carbons (Fsp3) is 0.107. The Morgan fingerprint density at radius 1 is 0.829 bits per heavy atom. The highest BCUT2D eigenvalue weighted by Gasteiger charge is 2.24. The van der Waals surface area contributed by atoms with Gasteiger partial charge in [0.15, 0.2) is 0 Å². The fourth-order valence-corrected chi connectivity index (χ4v) is 4.57. The van der Waals surface area contributed by atoms with Crippen LogP contribution in [-0.2, 0) is 20.2 Å². The second-order valence-corrected chi connectivity index (χ2v) is 9.95. The maximum absolute atomic E-state index is 12.6. The van der Waals surface area contributed by atoms with Crippen LogP contribution >= 0.6 is 7.60 Å². The van der Waals surface area contributed by atoms with E-state index in [0.717, 1.165) is 27.9 Å². The quantitative estimate of drug-likeness (QED) is 0.215. The molecule has 4 aromatic carbocycles. The first kappa shape index (κ1) is 24.4. The van der Waals surface area contributed by atoms with E-state index >= 15 is 0 Å². The molecule has 0 fully saturated rings. The van der Waals surface area contributed by atoms with Gasteiger partial charge >= 0.3 is 7.60 Å². The first-order chi connectivity index (χ1) is 17.0. The van der Waals surface area contributed by atoms with Gasteiger partial charge in [-0.1, -0.05) is 48.5 Å². The van der Waals surface area contributed by atoms with Gasteiger partial charge in [0.2, 0.25) is 0 Å². The van der Waals surface area contributed by atoms with E-state index in [1.165, 1.54) is 14.2 Å². The largest absolute Gasteiger partial charge is 0.508 e. The van der Waals surface area contributed by atoms with Gasteiger partial charge in [0.1, 0.15) is 18.1 Å². The Balaban J connectivity index is 1.64. The Hall–Kier alpha value is -3.70. The molecule has 0 aliphatic carbocycles. The highest BCUT2D eigenvalue weighted by Crippen LogP contribution is 2.45. The van der Waals surface area contributed by atoms with Crippen molar-refractivity contribution in [2.45, 2.75) is 6.61 Å². The molecule has 0 aromatic heterocycles. The normalized spacial score (nSPS) is 11.6. The molecular formula is C28H26NO5P. The number of rotatable bonds is 9. The van der Waals surface area contributed by atoms with Crippen molar-refractivity contribution in [2.24, 2.45) is 4.99 Å². The van der Waals surface area contributed by atoms with Crippen molar-refractivity contribution >= 4 is 24.8 Å². The van der Waals surface area contributed by atoms with Crippen molar-refractivity contribution in [2.75, 3.05) is 14.2 Å². The molecule has 0 spiro atoms. The van der Waals surface area contributed by atoms with Gasteiger partial charge in [-0.2, -0.15) is 0 Å². The summed E-state index contributed by atoms with van der Waals surface area (Å²) in [7, 11) is -0.570. The maximum atomic E-state index is 12.6. The van der Waals surface area contributed by atoms with Crippen LogP contribution in [0.25, 0.3) is 11.1 Å². The number of nitrogens with zero attached hydrogens (tertiary/aromatic N) is 1. The van der Waals surface area contributed by atoms with E-state index in [9.17, 15) is 9.67 Å². The lowest BCUT2D eigenvalue weighted by Crippen LogP contribution is -2.07. The number of aromatic hydroxyl groups is 1. The predicted octanol–water partition coefficient (Wildman–Crippen LogP) is 6.50. The summed E-state index contributed by atoms with van der Waals surface area (Å²) in [6.45, 7) is 0.411. The minimum atomic E-state index is -3.31. The zero-order valence-corrected chi connectivity index (χ0v) is 20.4. The van der Waals surface area contributed by atoms with Crippen LogP contribution in [0.1, 0.15) is 11.1 Å². The van der Waals surface area contributed by atoms with Gasteiger partial charge in [0.05, 0.1) is 11.0 Å². The fourth-order valence-electron chi connectivity index (χ4n) is 3.49. The molecule has 35 heavy (non-hydrogen) atoms. The van der Waals surface area contributed by atoms with Crippen LogP contribution in [0.5, 0.6) is 11.5 Å². The summed E-state index contributed by atoms with van der Waals surface area (Å²) in [6.07, 6.45) is 1.74. The minimum absolute atomic E-state index is 0.193. The van der Waals surface area contributed by atoms with Crippen LogP contribution < -0.4 is 10.0 Å². The number of hydrogen-bond acceptors (Lipinski definition) is 6. The van der Waals surface area contributed by atoms with Gasteiger partial charge in [-0.3, -0.25) is 9.56 Å². The molecule has 0 atom stereocenters. The Bertz CT molecular complexity index is 1330. The van der Waals surface area contributed by atoms with Gasteiger partial charge in [0.25, 0.3) is 0 Å². The van der Waals surface area contributed by atoms with E-state index in [-0.39, 0.29) is 5.75 Å². The molecule has 0 heterocycles. The van der Waals surface area contributed by atoms with Crippen molar-refractivity contribution in [3.8, 4) is 22.6 Å². The number of hydrogen-bond donors (Lipinski definition) is 1. The van der Waals surface area contributed by atoms with E-state index < -0.39 is 7.60 Å². The Kier molecular flexibility index (Phi) is 7.78. The van der Waals surface area contributed by atoms with Crippen LogP contribution in [0, 0.1) is 0 Å². The third-order valence-corrected chi connectivity index (χ3v) is 7.34. The van der Waals surface area contributed by atoms with E-state index in [0.29, 0.717) is 17.7 Å². The molecule has 0 aliphatic rings. The molecule has 0 unspecified atom stereocenters. The van der Waals surface area contributed by atoms with Crippen LogP contribution in [0.4, 0.5) is 5.69 Å². The molecule has 4 aromatic rings. The van der Waals surface area contributed by atoms with Crippen LogP contribution in [0.2, 0.25) is 0 Å². The molecule has 4 rings (SSSR count). The minimum Gasteiger partial charge on any atom is -0.508 e. The van der Waals surface area contributed by atoms with E-state index in [1.807, 2.05) is 60.7 Å². The summed E-state index contributed by atoms with van der Waals surface area (Å²) in [5.74, 6) is 0.871. The zero-order chi connectivity index (χ0) is 24.7. The first-order valence-corrected chi connectivity index (χ1v) is 12.5. The second-order valence-electron chi connectivity index (χ2n) is 7.71. The molecule has 178 valence electrons. The molecular weight excluding hydrogens is 461 g/mol. The number of phenols is 1.